The smallest absolute Gasteiger partial charge is 0.244 e. The minimum atomic E-state index is -1.57. The number of hydrogen-bond acceptors (Lipinski definition) is 2. The third-order valence-electron chi connectivity index (χ3n) is 1.98. The molecular formula is C11H22O2Si. The minimum absolute atomic E-state index is 0.0581. The van der Waals surface area contributed by atoms with E-state index < -0.39 is 8.32 Å². The maximum Gasteiger partial charge on any atom is 0.244 e. The van der Waals surface area contributed by atoms with Crippen molar-refractivity contribution in [3.05, 3.63) is 11.8 Å². The molecule has 0 aromatic rings. The lowest BCUT2D eigenvalue weighted by molar-refractivity contribution is -0.112. The summed E-state index contributed by atoms with van der Waals surface area (Å²) in [7, 11) is -1.57. The van der Waals surface area contributed by atoms with E-state index in [0.29, 0.717) is 0 Å². The summed E-state index contributed by atoms with van der Waals surface area (Å²) >= 11 is 0. The number of carbonyl (C=O) groups excluding carboxylic acids is 1. The lowest BCUT2D eigenvalue weighted by atomic mass is 10.4. The molecule has 0 aliphatic heterocycles. The molecule has 0 spiro atoms. The van der Waals surface area contributed by atoms with Crippen LogP contribution in [0.1, 0.15) is 33.6 Å². The average molecular weight is 214 g/mol. The molecule has 0 radical (unpaired) electrons. The van der Waals surface area contributed by atoms with Gasteiger partial charge in [0.25, 0.3) is 0 Å². The zero-order chi connectivity index (χ0) is 11.2. The van der Waals surface area contributed by atoms with Crippen LogP contribution in [0.5, 0.6) is 0 Å². The molecule has 2 nitrogen and oxygen atoms in total. The van der Waals surface area contributed by atoms with E-state index in [9.17, 15) is 4.79 Å². The number of rotatable bonds is 6. The van der Waals surface area contributed by atoms with E-state index >= 15 is 0 Å². The zero-order valence-corrected chi connectivity index (χ0v) is 11.0. The topological polar surface area (TPSA) is 26.3 Å². The Bertz CT molecular complexity index is 219. The van der Waals surface area contributed by atoms with E-state index in [-0.39, 0.29) is 5.78 Å². The van der Waals surface area contributed by atoms with Crippen molar-refractivity contribution in [2.45, 2.75) is 52.8 Å². The van der Waals surface area contributed by atoms with Crippen LogP contribution < -0.4 is 0 Å². The molecule has 0 N–H and O–H groups in total. The first-order valence-corrected chi connectivity index (χ1v) is 8.37. The van der Waals surface area contributed by atoms with Gasteiger partial charge >= 0.3 is 0 Å². The number of ketones is 1. The van der Waals surface area contributed by atoms with Crippen molar-refractivity contribution >= 4 is 14.1 Å². The first-order valence-electron chi connectivity index (χ1n) is 5.25. The highest BCUT2D eigenvalue weighted by Gasteiger charge is 2.23. The second-order valence-corrected chi connectivity index (χ2v) is 8.55. The Balaban J connectivity index is 4.13. The highest BCUT2D eigenvalue weighted by atomic mass is 28.4. The lowest BCUT2D eigenvalue weighted by Gasteiger charge is -2.24. The van der Waals surface area contributed by atoms with Crippen molar-refractivity contribution in [1.82, 2.24) is 0 Å². The molecule has 3 heteroatoms. The zero-order valence-electron chi connectivity index (χ0n) is 10.0. The molecule has 0 aromatic heterocycles. The van der Waals surface area contributed by atoms with Crippen LogP contribution in [0.25, 0.3) is 0 Å². The molecule has 0 saturated carbocycles. The van der Waals surface area contributed by atoms with Crippen LogP contribution in [-0.4, -0.2) is 14.1 Å². The molecule has 0 aliphatic rings. The molecule has 0 amide bonds. The van der Waals surface area contributed by atoms with E-state index in [4.69, 9.17) is 4.43 Å². The first-order chi connectivity index (χ1) is 6.37. The Kier molecular flexibility index (Phi) is 5.77. The molecule has 0 bridgehead atoms. The van der Waals surface area contributed by atoms with Crippen molar-refractivity contribution in [2.24, 2.45) is 0 Å². The summed E-state index contributed by atoms with van der Waals surface area (Å²) in [5, 5.41) is 0. The van der Waals surface area contributed by atoms with Crippen molar-refractivity contribution in [1.29, 1.82) is 0 Å². The third kappa shape index (κ3) is 6.89. The quantitative estimate of drug-likeness (QED) is 0.384. The van der Waals surface area contributed by atoms with Gasteiger partial charge in [0.05, 0.1) is 5.76 Å². The van der Waals surface area contributed by atoms with Gasteiger partial charge in [-0.2, -0.15) is 0 Å². The normalized spacial score (nSPS) is 12.8. The van der Waals surface area contributed by atoms with Crippen LogP contribution in [0, 0.1) is 0 Å². The average Bonchev–Trinajstić information content (AvgIpc) is 1.98. The molecular weight excluding hydrogens is 192 g/mol. The summed E-state index contributed by atoms with van der Waals surface area (Å²) in [6, 6.07) is 1.16. The summed E-state index contributed by atoms with van der Waals surface area (Å²) in [6.45, 7) is 9.98. The summed E-state index contributed by atoms with van der Waals surface area (Å²) in [5.41, 5.74) is 0. The molecule has 0 rings (SSSR count). The largest absolute Gasteiger partial charge is 0.547 e. The monoisotopic (exact) mass is 214 g/mol. The first kappa shape index (κ1) is 13.4. The number of hydrogen-bond donors (Lipinski definition) is 0. The van der Waals surface area contributed by atoms with Gasteiger partial charge in [0.2, 0.25) is 8.32 Å². The van der Waals surface area contributed by atoms with Gasteiger partial charge in [-0.15, -0.1) is 0 Å². The van der Waals surface area contributed by atoms with Gasteiger partial charge in [0.15, 0.2) is 5.78 Å². The molecule has 14 heavy (non-hydrogen) atoms. The van der Waals surface area contributed by atoms with Gasteiger partial charge in [-0.3, -0.25) is 4.79 Å². The number of allylic oxidation sites excluding steroid dienone is 2. The van der Waals surface area contributed by atoms with E-state index in [0.717, 1.165) is 11.8 Å². The number of unbranched alkanes of at least 4 members (excludes halogenated alkanes) is 1. The van der Waals surface area contributed by atoms with E-state index in [1.165, 1.54) is 12.8 Å². The van der Waals surface area contributed by atoms with Gasteiger partial charge in [0, 0.05) is 6.08 Å². The maximum absolute atomic E-state index is 10.8. The lowest BCUT2D eigenvalue weighted by Crippen LogP contribution is -2.29. The fraction of sp³-hybridized carbons (Fsp3) is 0.727. The second kappa shape index (κ2) is 6.01. The predicted octanol–water partition coefficient (Wildman–Crippen LogP) is 3.50. The molecule has 0 atom stereocenters. The van der Waals surface area contributed by atoms with Crippen LogP contribution in [0.4, 0.5) is 0 Å². The Morgan fingerprint density at radius 3 is 2.36 bits per heavy atom. The van der Waals surface area contributed by atoms with Gasteiger partial charge in [-0.1, -0.05) is 19.8 Å². The fourth-order valence-corrected chi connectivity index (χ4v) is 3.64. The Morgan fingerprint density at radius 1 is 1.36 bits per heavy atom. The van der Waals surface area contributed by atoms with Crippen LogP contribution in [0.2, 0.25) is 19.1 Å². The molecule has 0 aliphatic carbocycles. The predicted molar refractivity (Wildman–Crippen MR) is 62.7 cm³/mol. The van der Waals surface area contributed by atoms with E-state index in [2.05, 4.69) is 20.0 Å². The van der Waals surface area contributed by atoms with E-state index in [1.807, 2.05) is 6.92 Å². The van der Waals surface area contributed by atoms with E-state index in [1.54, 1.807) is 13.0 Å². The standard InChI is InChI=1S/C11H22O2Si/c1-6-7-8-14(4,5)13-11(3)9-10(2)12/h9H,6-8H2,1-5H3/b11-9-. The molecule has 0 heterocycles. The third-order valence-corrected chi connectivity index (χ3v) is 4.41. The van der Waals surface area contributed by atoms with Crippen molar-refractivity contribution in [3.8, 4) is 0 Å². The number of carbonyl (C=O) groups is 1. The molecule has 82 valence electrons. The van der Waals surface area contributed by atoms with Crippen molar-refractivity contribution in [2.75, 3.05) is 0 Å². The Labute approximate surface area is 88.5 Å². The molecule has 0 aromatic carbocycles. The summed E-state index contributed by atoms with van der Waals surface area (Å²) in [5.74, 6) is 0.827. The SMILES string of the molecule is CCCC[Si](C)(C)O/C(C)=C\C(C)=O. The minimum Gasteiger partial charge on any atom is -0.547 e. The highest BCUT2D eigenvalue weighted by molar-refractivity contribution is 6.71. The molecule has 0 unspecified atom stereocenters. The van der Waals surface area contributed by atoms with Crippen LogP contribution in [-0.2, 0) is 9.22 Å². The van der Waals surface area contributed by atoms with Crippen LogP contribution in [0.3, 0.4) is 0 Å². The maximum atomic E-state index is 10.8. The second-order valence-electron chi connectivity index (χ2n) is 4.33. The highest BCUT2D eigenvalue weighted by Crippen LogP contribution is 2.18. The Hall–Kier alpha value is -0.573. The van der Waals surface area contributed by atoms with Crippen molar-refractivity contribution < 1.29 is 9.22 Å². The summed E-state index contributed by atoms with van der Waals surface area (Å²) in [6.07, 6.45) is 3.99. The van der Waals surface area contributed by atoms with Gasteiger partial charge < -0.3 is 4.43 Å². The molecule has 0 fully saturated rings. The summed E-state index contributed by atoms with van der Waals surface area (Å²) < 4.78 is 5.83. The van der Waals surface area contributed by atoms with Crippen LogP contribution in [0.15, 0.2) is 11.8 Å². The van der Waals surface area contributed by atoms with Gasteiger partial charge in [-0.05, 0) is 33.0 Å². The molecule has 0 saturated heterocycles. The summed E-state index contributed by atoms with van der Waals surface area (Å²) in [4.78, 5) is 10.8. The van der Waals surface area contributed by atoms with Gasteiger partial charge in [0.1, 0.15) is 0 Å². The van der Waals surface area contributed by atoms with Crippen LogP contribution >= 0.6 is 0 Å². The Morgan fingerprint density at radius 2 is 1.93 bits per heavy atom. The van der Waals surface area contributed by atoms with Crippen molar-refractivity contribution in [3.63, 3.8) is 0 Å². The van der Waals surface area contributed by atoms with Gasteiger partial charge in [-0.25, -0.2) is 0 Å². The fourth-order valence-electron chi connectivity index (χ4n) is 1.41.